The molecule has 0 atom stereocenters. The Kier molecular flexibility index (Phi) is 4.18. The summed E-state index contributed by atoms with van der Waals surface area (Å²) in [5.74, 6) is -2.58. The molecule has 0 aliphatic rings. The molecule has 2 aromatic carbocycles. The minimum Gasteiger partial charge on any atom is -0.478 e. The van der Waals surface area contributed by atoms with Gasteiger partial charge in [-0.05, 0) is 35.9 Å². The Balaban J connectivity index is 2.09. The standard InChI is InChI=1S/C15H13FN2O3/c16-13-5-4-11(8-12(13)15(20)21)18-14(19)7-9-2-1-3-10(17)6-9/h1-6,8H,7,17H2,(H,18,19)(H,20,21). The van der Waals surface area contributed by atoms with Crippen LogP contribution in [0.2, 0.25) is 0 Å². The van der Waals surface area contributed by atoms with Crippen molar-refractivity contribution in [2.24, 2.45) is 0 Å². The van der Waals surface area contributed by atoms with Crippen molar-refractivity contribution in [1.82, 2.24) is 0 Å². The van der Waals surface area contributed by atoms with E-state index in [2.05, 4.69) is 5.32 Å². The van der Waals surface area contributed by atoms with E-state index in [1.807, 2.05) is 0 Å². The van der Waals surface area contributed by atoms with Crippen LogP contribution in [0, 0.1) is 5.82 Å². The molecule has 2 aromatic rings. The van der Waals surface area contributed by atoms with Crippen LogP contribution < -0.4 is 11.1 Å². The van der Waals surface area contributed by atoms with Gasteiger partial charge in [0.25, 0.3) is 0 Å². The average molecular weight is 288 g/mol. The van der Waals surface area contributed by atoms with E-state index < -0.39 is 17.3 Å². The number of carbonyl (C=O) groups is 2. The Morgan fingerprint density at radius 1 is 1.19 bits per heavy atom. The lowest BCUT2D eigenvalue weighted by Gasteiger charge is -2.07. The lowest BCUT2D eigenvalue weighted by molar-refractivity contribution is -0.115. The number of benzene rings is 2. The molecule has 0 radical (unpaired) electrons. The Hall–Kier alpha value is -2.89. The number of rotatable bonds is 4. The van der Waals surface area contributed by atoms with E-state index in [1.165, 1.54) is 6.07 Å². The molecule has 6 heteroatoms. The van der Waals surface area contributed by atoms with Crippen LogP contribution in [0.3, 0.4) is 0 Å². The second-order valence-electron chi connectivity index (χ2n) is 4.47. The maximum Gasteiger partial charge on any atom is 0.338 e. The first-order valence-corrected chi connectivity index (χ1v) is 6.13. The summed E-state index contributed by atoms with van der Waals surface area (Å²) in [5.41, 5.74) is 6.63. The summed E-state index contributed by atoms with van der Waals surface area (Å²) in [6.07, 6.45) is 0.0881. The molecule has 5 nitrogen and oxygen atoms in total. The summed E-state index contributed by atoms with van der Waals surface area (Å²) in [6, 6.07) is 10.3. The first-order chi connectivity index (χ1) is 9.95. The van der Waals surface area contributed by atoms with Gasteiger partial charge in [-0.1, -0.05) is 12.1 Å². The maximum atomic E-state index is 13.2. The second kappa shape index (κ2) is 6.04. The molecule has 1 amide bonds. The third-order valence-corrected chi connectivity index (χ3v) is 2.80. The number of nitrogens with one attached hydrogen (secondary N) is 1. The van der Waals surface area contributed by atoms with Crippen molar-refractivity contribution in [2.75, 3.05) is 11.1 Å². The van der Waals surface area contributed by atoms with Gasteiger partial charge in [0, 0.05) is 11.4 Å². The summed E-state index contributed by atoms with van der Waals surface area (Å²) in [5, 5.41) is 11.3. The Morgan fingerprint density at radius 3 is 2.62 bits per heavy atom. The first kappa shape index (κ1) is 14.5. The van der Waals surface area contributed by atoms with Crippen molar-refractivity contribution in [3.8, 4) is 0 Å². The summed E-state index contributed by atoms with van der Waals surface area (Å²) in [4.78, 5) is 22.7. The predicted molar refractivity (Wildman–Crippen MR) is 76.5 cm³/mol. The van der Waals surface area contributed by atoms with Gasteiger partial charge < -0.3 is 16.2 Å². The van der Waals surface area contributed by atoms with Crippen LogP contribution in [0.15, 0.2) is 42.5 Å². The van der Waals surface area contributed by atoms with Crippen LogP contribution >= 0.6 is 0 Å². The van der Waals surface area contributed by atoms with Gasteiger partial charge >= 0.3 is 5.97 Å². The molecule has 0 heterocycles. The summed E-state index contributed by atoms with van der Waals surface area (Å²) < 4.78 is 13.2. The highest BCUT2D eigenvalue weighted by Gasteiger charge is 2.12. The SMILES string of the molecule is Nc1cccc(CC(=O)Nc2ccc(F)c(C(=O)O)c2)c1. The monoisotopic (exact) mass is 288 g/mol. The highest BCUT2D eigenvalue weighted by atomic mass is 19.1. The van der Waals surface area contributed by atoms with Crippen LogP contribution in [-0.2, 0) is 11.2 Å². The Labute approximate surface area is 120 Å². The third-order valence-electron chi connectivity index (χ3n) is 2.80. The van der Waals surface area contributed by atoms with Gasteiger partial charge in [0.15, 0.2) is 0 Å². The van der Waals surface area contributed by atoms with E-state index in [0.717, 1.165) is 17.7 Å². The van der Waals surface area contributed by atoms with Gasteiger partial charge in [-0.3, -0.25) is 4.79 Å². The number of hydrogen-bond acceptors (Lipinski definition) is 3. The molecular weight excluding hydrogens is 275 g/mol. The molecule has 21 heavy (non-hydrogen) atoms. The number of nitrogen functional groups attached to an aromatic ring is 1. The average Bonchev–Trinajstić information content (AvgIpc) is 2.40. The number of anilines is 2. The zero-order chi connectivity index (χ0) is 15.4. The predicted octanol–water partition coefficient (Wildman–Crippen LogP) is 2.29. The fourth-order valence-corrected chi connectivity index (χ4v) is 1.86. The smallest absolute Gasteiger partial charge is 0.338 e. The van der Waals surface area contributed by atoms with Gasteiger partial charge in [0.1, 0.15) is 5.82 Å². The van der Waals surface area contributed by atoms with Crippen LogP contribution in [0.5, 0.6) is 0 Å². The molecule has 0 aliphatic heterocycles. The summed E-state index contributed by atoms with van der Waals surface area (Å²) in [7, 11) is 0. The lowest BCUT2D eigenvalue weighted by Crippen LogP contribution is -2.15. The number of carbonyl (C=O) groups excluding carboxylic acids is 1. The van der Waals surface area contributed by atoms with Crippen molar-refractivity contribution in [1.29, 1.82) is 0 Å². The fourth-order valence-electron chi connectivity index (χ4n) is 1.86. The molecule has 0 unspecified atom stereocenters. The van der Waals surface area contributed by atoms with Crippen LogP contribution in [-0.4, -0.2) is 17.0 Å². The molecule has 0 fully saturated rings. The van der Waals surface area contributed by atoms with Crippen LogP contribution in [0.25, 0.3) is 0 Å². The van der Waals surface area contributed by atoms with Gasteiger partial charge in [0.2, 0.25) is 5.91 Å². The van der Waals surface area contributed by atoms with Gasteiger partial charge in [0.05, 0.1) is 12.0 Å². The summed E-state index contributed by atoms with van der Waals surface area (Å²) >= 11 is 0. The van der Waals surface area contributed by atoms with E-state index in [4.69, 9.17) is 10.8 Å². The lowest BCUT2D eigenvalue weighted by atomic mass is 10.1. The van der Waals surface area contributed by atoms with Crippen molar-refractivity contribution in [2.45, 2.75) is 6.42 Å². The van der Waals surface area contributed by atoms with Crippen LogP contribution in [0.1, 0.15) is 15.9 Å². The molecule has 0 spiro atoms. The number of halogens is 1. The molecule has 0 bridgehead atoms. The number of carboxylic acids is 1. The third kappa shape index (κ3) is 3.79. The highest BCUT2D eigenvalue weighted by Crippen LogP contribution is 2.15. The molecular formula is C15H13FN2O3. The number of nitrogens with two attached hydrogens (primary N) is 1. The van der Waals surface area contributed by atoms with Crippen molar-refractivity contribution >= 4 is 23.3 Å². The Morgan fingerprint density at radius 2 is 1.95 bits per heavy atom. The largest absolute Gasteiger partial charge is 0.478 e. The second-order valence-corrected chi connectivity index (χ2v) is 4.47. The van der Waals surface area contributed by atoms with E-state index >= 15 is 0 Å². The molecule has 0 aromatic heterocycles. The normalized spacial score (nSPS) is 10.1. The molecule has 4 N–H and O–H groups in total. The van der Waals surface area contributed by atoms with Crippen molar-refractivity contribution in [3.63, 3.8) is 0 Å². The topological polar surface area (TPSA) is 92.4 Å². The minimum absolute atomic E-state index is 0.0881. The number of amides is 1. The van der Waals surface area contributed by atoms with E-state index in [0.29, 0.717) is 5.69 Å². The number of hydrogen-bond donors (Lipinski definition) is 3. The van der Waals surface area contributed by atoms with Gasteiger partial charge in [-0.25, -0.2) is 9.18 Å². The quantitative estimate of drug-likeness (QED) is 0.752. The zero-order valence-corrected chi connectivity index (χ0v) is 11.0. The molecule has 0 aliphatic carbocycles. The summed E-state index contributed by atoms with van der Waals surface area (Å²) in [6.45, 7) is 0. The van der Waals surface area contributed by atoms with Crippen molar-refractivity contribution < 1.29 is 19.1 Å². The molecule has 2 rings (SSSR count). The highest BCUT2D eigenvalue weighted by molar-refractivity contribution is 5.95. The van der Waals surface area contributed by atoms with Crippen LogP contribution in [0.4, 0.5) is 15.8 Å². The fraction of sp³-hybridized carbons (Fsp3) is 0.0667. The van der Waals surface area contributed by atoms with E-state index in [9.17, 15) is 14.0 Å². The number of aromatic carboxylic acids is 1. The first-order valence-electron chi connectivity index (χ1n) is 6.13. The molecule has 0 saturated carbocycles. The maximum absolute atomic E-state index is 13.2. The minimum atomic E-state index is -1.39. The van der Waals surface area contributed by atoms with Gasteiger partial charge in [-0.15, -0.1) is 0 Å². The molecule has 0 saturated heterocycles. The zero-order valence-electron chi connectivity index (χ0n) is 11.0. The van der Waals surface area contributed by atoms with Gasteiger partial charge in [-0.2, -0.15) is 0 Å². The Bertz CT molecular complexity index is 701. The van der Waals surface area contributed by atoms with Crippen molar-refractivity contribution in [3.05, 3.63) is 59.4 Å². The van der Waals surface area contributed by atoms with E-state index in [-0.39, 0.29) is 18.0 Å². The molecule has 108 valence electrons. The number of carboxylic acid groups (broad SMARTS) is 1. The van der Waals surface area contributed by atoms with E-state index in [1.54, 1.807) is 24.3 Å².